The molecular weight excluding hydrogens is 839 g/mol. The lowest BCUT2D eigenvalue weighted by Gasteiger charge is -2.28. The van der Waals surface area contributed by atoms with Crippen LogP contribution in [-0.2, 0) is 23.4 Å². The number of carbonyl (C=O) groups excluding carboxylic acids is 1. The highest BCUT2D eigenvalue weighted by atomic mass is 33.1. The van der Waals surface area contributed by atoms with Gasteiger partial charge in [-0.05, 0) is 145 Å². The van der Waals surface area contributed by atoms with Crippen molar-refractivity contribution in [3.05, 3.63) is 123 Å². The average molecular weight is 901 g/mol. The van der Waals surface area contributed by atoms with Crippen LogP contribution in [0.15, 0.2) is 89.3 Å². The third kappa shape index (κ3) is 11.3. The number of nitrogens with two attached hydrogens (primary N) is 2. The fourth-order valence-electron chi connectivity index (χ4n) is 10.5. The molecule has 7 N–H and O–H groups in total. The first-order valence-corrected chi connectivity index (χ1v) is 25.7. The molecule has 2 heterocycles. The van der Waals surface area contributed by atoms with Gasteiger partial charge >= 0.3 is 0 Å². The van der Waals surface area contributed by atoms with Crippen molar-refractivity contribution in [1.82, 2.24) is 0 Å². The Bertz CT molecular complexity index is 2370. The number of aliphatic hydroxyl groups is 1. The van der Waals surface area contributed by atoms with E-state index >= 15 is 0 Å². The number of nitrogens with zero attached hydrogens (tertiary/aromatic N) is 1. The van der Waals surface area contributed by atoms with Crippen molar-refractivity contribution in [2.24, 2.45) is 33.7 Å². The van der Waals surface area contributed by atoms with E-state index in [1.54, 1.807) is 35.2 Å². The summed E-state index contributed by atoms with van der Waals surface area (Å²) in [6, 6.07) is 14.8. The van der Waals surface area contributed by atoms with Crippen molar-refractivity contribution in [2.75, 3.05) is 12.4 Å². The molecule has 64 heavy (non-hydrogen) atoms. The van der Waals surface area contributed by atoms with Crippen LogP contribution >= 0.6 is 21.6 Å². The molecule has 5 aliphatic rings. The van der Waals surface area contributed by atoms with Gasteiger partial charge in [0.1, 0.15) is 5.75 Å². The van der Waals surface area contributed by atoms with Crippen molar-refractivity contribution in [1.29, 1.82) is 0 Å². The molecular formula is C53H62N3O6S2-. The van der Waals surface area contributed by atoms with Crippen LogP contribution < -0.4 is 21.3 Å². The Morgan fingerprint density at radius 3 is 2.58 bits per heavy atom. The molecule has 0 spiro atoms. The SMILES string of the molecule is NC(N)c1cc2c3cc1CSSC[C@H]1CC[C@@](CCCC[C@H](O)C4CCCC4)(/C=C/C(=O)CCc4ccc(O)c(c4)OCCc4ccc(O)c(c4)[C@@H]3CC([O-])=C3C=CN=C3CC#C2)C1. The zero-order chi connectivity index (χ0) is 44.6. The molecule has 2 fully saturated rings. The minimum atomic E-state index is -0.747. The lowest BCUT2D eigenvalue weighted by molar-refractivity contribution is -0.307. The summed E-state index contributed by atoms with van der Waals surface area (Å²) in [5.41, 5.74) is 19.8. The Labute approximate surface area is 386 Å². The Hall–Kier alpha value is -4.44. The quantitative estimate of drug-likeness (QED) is 0.0666. The van der Waals surface area contributed by atoms with Crippen molar-refractivity contribution < 1.29 is 30.0 Å². The number of benzene rings is 3. The van der Waals surface area contributed by atoms with Gasteiger partial charge in [-0.3, -0.25) is 9.79 Å². The van der Waals surface area contributed by atoms with Crippen molar-refractivity contribution in [2.45, 2.75) is 127 Å². The average Bonchev–Trinajstić information content (AvgIpc) is 4.09. The van der Waals surface area contributed by atoms with Crippen molar-refractivity contribution in [3.63, 3.8) is 0 Å². The molecule has 11 heteroatoms. The number of ketones is 1. The van der Waals surface area contributed by atoms with E-state index in [0.29, 0.717) is 71.4 Å². The van der Waals surface area contributed by atoms with Crippen LogP contribution in [0, 0.1) is 29.1 Å². The molecule has 3 aliphatic carbocycles. The number of unbranched alkanes of at least 4 members (excludes halogenated alkanes) is 1. The number of aliphatic hydroxyl groups excluding tert-OH is 1. The number of fused-ring (bicyclic) bond motifs is 9. The Morgan fingerprint density at radius 1 is 0.938 bits per heavy atom. The molecule has 0 unspecified atom stereocenters. The number of ether oxygens (including phenoxy) is 1. The van der Waals surface area contributed by atoms with Gasteiger partial charge in [-0.25, -0.2) is 0 Å². The fraction of sp³-hybridized carbons (Fsp3) is 0.472. The van der Waals surface area contributed by atoms with E-state index < -0.39 is 12.1 Å². The molecule has 0 saturated heterocycles. The third-order valence-corrected chi connectivity index (χ3v) is 16.6. The predicted molar refractivity (Wildman–Crippen MR) is 257 cm³/mol. The Balaban J connectivity index is 1.10. The molecule has 0 aromatic heterocycles. The zero-order valence-corrected chi connectivity index (χ0v) is 38.4. The number of hydrogen-bond acceptors (Lipinski definition) is 11. The van der Waals surface area contributed by atoms with Crippen LogP contribution in [0.3, 0.4) is 0 Å². The van der Waals surface area contributed by atoms with Crippen molar-refractivity contribution >= 4 is 33.1 Å². The van der Waals surface area contributed by atoms with Gasteiger partial charge in [-0.2, -0.15) is 0 Å². The highest BCUT2D eigenvalue weighted by Crippen LogP contribution is 2.49. The largest absolute Gasteiger partial charge is 0.875 e. The number of aromatic hydroxyl groups is 2. The maximum atomic E-state index is 14.2. The first-order chi connectivity index (χ1) is 31.0. The van der Waals surface area contributed by atoms with E-state index in [2.05, 4.69) is 29.0 Å². The summed E-state index contributed by atoms with van der Waals surface area (Å²) in [7, 11) is 3.63. The summed E-state index contributed by atoms with van der Waals surface area (Å²) >= 11 is 0. The summed E-state index contributed by atoms with van der Waals surface area (Å²) in [5, 5.41) is 47.3. The molecule has 2 aliphatic heterocycles. The summed E-state index contributed by atoms with van der Waals surface area (Å²) in [5.74, 6) is 9.10. The van der Waals surface area contributed by atoms with Crippen LogP contribution in [0.25, 0.3) is 0 Å². The van der Waals surface area contributed by atoms with Gasteiger partial charge in [-0.1, -0.05) is 89.5 Å². The molecule has 3 aromatic carbocycles. The van der Waals surface area contributed by atoms with Gasteiger partial charge < -0.3 is 36.6 Å². The number of aliphatic imine (C=N–C) groups is 1. The van der Waals surface area contributed by atoms with E-state index in [0.717, 1.165) is 91.4 Å². The minimum Gasteiger partial charge on any atom is -0.875 e. The molecule has 8 rings (SSSR count). The molecule has 338 valence electrons. The Morgan fingerprint density at radius 2 is 1.75 bits per heavy atom. The van der Waals surface area contributed by atoms with E-state index in [1.807, 2.05) is 47.2 Å². The van der Waals surface area contributed by atoms with Gasteiger partial charge in [0.25, 0.3) is 0 Å². The van der Waals surface area contributed by atoms with Gasteiger partial charge in [0, 0.05) is 47.6 Å². The molecule has 0 amide bonds. The Kier molecular flexibility index (Phi) is 15.3. The van der Waals surface area contributed by atoms with E-state index in [-0.39, 0.29) is 47.6 Å². The molecule has 9 nitrogen and oxygen atoms in total. The number of allylic oxidation sites excluding steroid dienone is 5. The second-order valence-electron chi connectivity index (χ2n) is 18.6. The third-order valence-electron chi connectivity index (χ3n) is 14.1. The fourth-order valence-corrected chi connectivity index (χ4v) is 13.0. The van der Waals surface area contributed by atoms with E-state index in [4.69, 9.17) is 16.2 Å². The van der Waals surface area contributed by atoms with Crippen LogP contribution in [-0.4, -0.2) is 45.3 Å². The molecule has 3 aromatic rings. The second-order valence-corrected chi connectivity index (χ2v) is 21.1. The van der Waals surface area contributed by atoms with Gasteiger partial charge in [0.2, 0.25) is 0 Å². The standard InChI is InChI=1S/C53H63N3O6S2/c54-52(55)43-28-38-8-5-9-46-41(19-24-56-46)50(61)30-44-42(38)29-39(43)33-64-63-32-36-17-22-53(31-36,21-4-3-10-47(58)37-6-1-2-7-37)23-18-40(57)14-11-34-13-16-49(60)51(27-34)62-25-20-35-12-15-48(59)45(44)26-35/h12-13,15-16,18-19,23-24,26-29,36-37,44,47,52,58-61H,1-4,6-7,9-11,14,17,20-22,25,30-33,54-55H2/p-1/b23-18+,50-41?/t36-,44+,47-,53-/m0/s1. The molecule has 4 atom stereocenters. The summed E-state index contributed by atoms with van der Waals surface area (Å²) in [6.45, 7) is 0.247. The molecule has 8 bridgehead atoms. The lowest BCUT2D eigenvalue weighted by atomic mass is 9.79. The number of phenols is 2. The maximum Gasteiger partial charge on any atom is 0.161 e. The maximum absolute atomic E-state index is 14.2. The lowest BCUT2D eigenvalue weighted by Crippen LogP contribution is -2.23. The number of aryl methyl sites for hydroxylation is 1. The van der Waals surface area contributed by atoms with E-state index in [1.165, 1.54) is 12.8 Å². The smallest absolute Gasteiger partial charge is 0.161 e. The highest BCUT2D eigenvalue weighted by Gasteiger charge is 2.37. The van der Waals surface area contributed by atoms with Crippen LogP contribution in [0.2, 0.25) is 0 Å². The highest BCUT2D eigenvalue weighted by molar-refractivity contribution is 8.76. The first-order valence-electron chi connectivity index (χ1n) is 23.3. The van der Waals surface area contributed by atoms with E-state index in [9.17, 15) is 25.2 Å². The number of hydrogen-bond donors (Lipinski definition) is 5. The van der Waals surface area contributed by atoms with Crippen LogP contribution in [0.5, 0.6) is 17.2 Å². The van der Waals surface area contributed by atoms with Gasteiger partial charge in [-0.15, -0.1) is 5.76 Å². The number of carbonyl (C=O) groups is 1. The normalized spacial score (nSPS) is 24.2. The summed E-state index contributed by atoms with van der Waals surface area (Å²) in [6.07, 6.45) is 20.0. The molecule has 0 radical (unpaired) electrons. The zero-order valence-electron chi connectivity index (χ0n) is 36.7. The topological polar surface area (TPSA) is 174 Å². The van der Waals surface area contributed by atoms with Gasteiger partial charge in [0.15, 0.2) is 17.3 Å². The summed E-state index contributed by atoms with van der Waals surface area (Å²) in [4.78, 5) is 17.9. The summed E-state index contributed by atoms with van der Waals surface area (Å²) < 4.78 is 6.15. The first kappa shape index (κ1) is 46.1. The number of rotatable bonds is 7. The van der Waals surface area contributed by atoms with Gasteiger partial charge in [0.05, 0.1) is 31.0 Å². The van der Waals surface area contributed by atoms with Crippen molar-refractivity contribution in [3.8, 4) is 29.1 Å². The van der Waals surface area contributed by atoms with Crippen LogP contribution in [0.1, 0.15) is 141 Å². The number of phenolic OH excluding ortho intramolecular Hbond substituents is 2. The minimum absolute atomic E-state index is 0.0232. The predicted octanol–water partition coefficient (Wildman–Crippen LogP) is 9.35. The van der Waals surface area contributed by atoms with Crippen LogP contribution in [0.4, 0.5) is 0 Å². The second kappa shape index (κ2) is 21.2. The monoisotopic (exact) mass is 900 g/mol. The molecule has 2 saturated carbocycles.